The van der Waals surface area contributed by atoms with Crippen molar-refractivity contribution in [2.75, 3.05) is 14.1 Å². The average molecular weight is 176 g/mol. The van der Waals surface area contributed by atoms with E-state index in [9.17, 15) is 0 Å². The van der Waals surface area contributed by atoms with Gasteiger partial charge in [-0.15, -0.1) is 11.6 Å². The van der Waals surface area contributed by atoms with Gasteiger partial charge in [-0.1, -0.05) is 6.42 Å². The minimum Gasteiger partial charge on any atom is -0.306 e. The van der Waals surface area contributed by atoms with Crippen LogP contribution in [0.25, 0.3) is 0 Å². The van der Waals surface area contributed by atoms with Crippen molar-refractivity contribution < 1.29 is 0 Å². The van der Waals surface area contributed by atoms with E-state index in [1.165, 1.54) is 32.1 Å². The fourth-order valence-corrected chi connectivity index (χ4v) is 2.03. The average Bonchev–Trinajstić information content (AvgIpc) is 2.13. The lowest BCUT2D eigenvalue weighted by Gasteiger charge is -2.21. The Kier molecular flexibility index (Phi) is 3.67. The Morgan fingerprint density at radius 1 is 1.09 bits per heavy atom. The summed E-state index contributed by atoms with van der Waals surface area (Å²) in [6, 6.07) is 0.777. The minimum atomic E-state index is 0.444. The van der Waals surface area contributed by atoms with E-state index in [1.807, 2.05) is 0 Å². The van der Waals surface area contributed by atoms with Gasteiger partial charge >= 0.3 is 0 Å². The maximum absolute atomic E-state index is 6.07. The van der Waals surface area contributed by atoms with E-state index in [4.69, 9.17) is 11.6 Å². The van der Waals surface area contributed by atoms with Crippen LogP contribution in [-0.4, -0.2) is 30.4 Å². The monoisotopic (exact) mass is 175 g/mol. The van der Waals surface area contributed by atoms with Crippen molar-refractivity contribution >= 4 is 11.6 Å². The largest absolute Gasteiger partial charge is 0.306 e. The van der Waals surface area contributed by atoms with Crippen molar-refractivity contribution in [3.05, 3.63) is 0 Å². The lowest BCUT2D eigenvalue weighted by atomic mass is 10.1. The highest BCUT2D eigenvalue weighted by atomic mass is 35.5. The number of nitrogens with zero attached hydrogens (tertiary/aromatic N) is 1. The lowest BCUT2D eigenvalue weighted by Crippen LogP contribution is -2.27. The molecule has 0 saturated heterocycles. The first kappa shape index (κ1) is 9.34. The summed E-state index contributed by atoms with van der Waals surface area (Å²) in [6.45, 7) is 0. The zero-order valence-corrected chi connectivity index (χ0v) is 8.27. The molecule has 0 aromatic rings. The number of hydrogen-bond donors (Lipinski definition) is 0. The number of rotatable bonds is 1. The van der Waals surface area contributed by atoms with E-state index in [-0.39, 0.29) is 0 Å². The predicted octanol–water partition coefficient (Wildman–Crippen LogP) is 2.49. The van der Waals surface area contributed by atoms with E-state index >= 15 is 0 Å². The normalized spacial score (nSPS) is 33.8. The molecule has 0 aromatic heterocycles. The fourth-order valence-electron chi connectivity index (χ4n) is 1.75. The Bertz CT molecular complexity index is 114. The molecule has 1 aliphatic carbocycles. The van der Waals surface area contributed by atoms with Crippen molar-refractivity contribution in [3.8, 4) is 0 Å². The van der Waals surface area contributed by atoms with Crippen molar-refractivity contribution in [1.29, 1.82) is 0 Å². The summed E-state index contributed by atoms with van der Waals surface area (Å²) in [5.41, 5.74) is 0. The first-order valence-electron chi connectivity index (χ1n) is 4.50. The SMILES string of the molecule is CN(C)C1CCCC(Cl)CC1. The van der Waals surface area contributed by atoms with Gasteiger partial charge in [0.15, 0.2) is 0 Å². The van der Waals surface area contributed by atoms with Gasteiger partial charge in [0.2, 0.25) is 0 Å². The summed E-state index contributed by atoms with van der Waals surface area (Å²) in [4.78, 5) is 2.33. The predicted molar refractivity (Wildman–Crippen MR) is 50.2 cm³/mol. The van der Waals surface area contributed by atoms with Gasteiger partial charge in [0.1, 0.15) is 0 Å². The number of halogens is 1. The van der Waals surface area contributed by atoms with Crippen LogP contribution in [0.5, 0.6) is 0 Å². The molecule has 11 heavy (non-hydrogen) atoms. The van der Waals surface area contributed by atoms with Crippen LogP contribution in [0.3, 0.4) is 0 Å². The molecule has 2 unspecified atom stereocenters. The van der Waals surface area contributed by atoms with Gasteiger partial charge in [0, 0.05) is 11.4 Å². The van der Waals surface area contributed by atoms with Crippen LogP contribution < -0.4 is 0 Å². The second-order valence-corrected chi connectivity index (χ2v) is 4.34. The first-order valence-corrected chi connectivity index (χ1v) is 4.94. The van der Waals surface area contributed by atoms with Crippen molar-refractivity contribution in [1.82, 2.24) is 4.90 Å². The summed E-state index contributed by atoms with van der Waals surface area (Å²) in [5, 5.41) is 0.444. The van der Waals surface area contributed by atoms with Gasteiger partial charge in [0.25, 0.3) is 0 Å². The molecule has 1 saturated carbocycles. The summed E-state index contributed by atoms with van der Waals surface area (Å²) >= 11 is 6.07. The number of alkyl halides is 1. The van der Waals surface area contributed by atoms with Crippen LogP contribution >= 0.6 is 11.6 Å². The summed E-state index contributed by atoms with van der Waals surface area (Å²) in [7, 11) is 4.33. The Morgan fingerprint density at radius 2 is 1.82 bits per heavy atom. The van der Waals surface area contributed by atoms with Crippen molar-refractivity contribution in [2.45, 2.75) is 43.5 Å². The molecule has 0 aromatic carbocycles. The van der Waals surface area contributed by atoms with E-state index < -0.39 is 0 Å². The van der Waals surface area contributed by atoms with Crippen LogP contribution in [0.2, 0.25) is 0 Å². The highest BCUT2D eigenvalue weighted by Crippen LogP contribution is 2.23. The number of hydrogen-bond acceptors (Lipinski definition) is 1. The van der Waals surface area contributed by atoms with E-state index in [0.717, 1.165) is 6.04 Å². The molecule has 1 nitrogen and oxygen atoms in total. The minimum absolute atomic E-state index is 0.444. The topological polar surface area (TPSA) is 3.24 Å². The molecule has 1 fully saturated rings. The summed E-state index contributed by atoms with van der Waals surface area (Å²) < 4.78 is 0. The van der Waals surface area contributed by atoms with Gasteiger partial charge in [-0.3, -0.25) is 0 Å². The third-order valence-electron chi connectivity index (χ3n) is 2.60. The second-order valence-electron chi connectivity index (χ2n) is 3.72. The molecule has 0 bridgehead atoms. The lowest BCUT2D eigenvalue weighted by molar-refractivity contribution is 0.267. The third-order valence-corrected chi connectivity index (χ3v) is 3.03. The van der Waals surface area contributed by atoms with Gasteiger partial charge in [0.05, 0.1) is 0 Å². The van der Waals surface area contributed by atoms with Gasteiger partial charge < -0.3 is 4.90 Å². The molecule has 0 spiro atoms. The summed E-state index contributed by atoms with van der Waals surface area (Å²) in [6.07, 6.45) is 6.32. The van der Waals surface area contributed by atoms with Crippen molar-refractivity contribution in [3.63, 3.8) is 0 Å². The first-order chi connectivity index (χ1) is 5.20. The highest BCUT2D eigenvalue weighted by molar-refractivity contribution is 6.20. The van der Waals surface area contributed by atoms with E-state index in [2.05, 4.69) is 19.0 Å². The molecule has 0 radical (unpaired) electrons. The Hall–Kier alpha value is 0.250. The van der Waals surface area contributed by atoms with Crippen LogP contribution in [-0.2, 0) is 0 Å². The zero-order chi connectivity index (χ0) is 8.27. The van der Waals surface area contributed by atoms with Crippen LogP contribution in [0.4, 0.5) is 0 Å². The Labute approximate surface area is 74.7 Å². The molecule has 0 N–H and O–H groups in total. The maximum Gasteiger partial charge on any atom is 0.0336 e. The van der Waals surface area contributed by atoms with Crippen molar-refractivity contribution in [2.24, 2.45) is 0 Å². The van der Waals surface area contributed by atoms with Gasteiger partial charge in [-0.05, 0) is 39.8 Å². The smallest absolute Gasteiger partial charge is 0.0336 e. The molecule has 0 aliphatic heterocycles. The molecular weight excluding hydrogens is 158 g/mol. The molecule has 66 valence electrons. The fraction of sp³-hybridized carbons (Fsp3) is 1.00. The Balaban J connectivity index is 2.34. The quantitative estimate of drug-likeness (QED) is 0.437. The van der Waals surface area contributed by atoms with Crippen LogP contribution in [0, 0.1) is 0 Å². The van der Waals surface area contributed by atoms with E-state index in [0.29, 0.717) is 5.38 Å². The molecule has 1 aliphatic rings. The molecule has 2 heteroatoms. The van der Waals surface area contributed by atoms with Gasteiger partial charge in [-0.25, -0.2) is 0 Å². The third kappa shape index (κ3) is 3.00. The van der Waals surface area contributed by atoms with E-state index in [1.54, 1.807) is 0 Å². The summed E-state index contributed by atoms with van der Waals surface area (Å²) in [5.74, 6) is 0. The molecule has 1 rings (SSSR count). The maximum atomic E-state index is 6.07. The molecule has 0 heterocycles. The highest BCUT2D eigenvalue weighted by Gasteiger charge is 2.17. The zero-order valence-electron chi connectivity index (χ0n) is 7.52. The van der Waals surface area contributed by atoms with Gasteiger partial charge in [-0.2, -0.15) is 0 Å². The van der Waals surface area contributed by atoms with Crippen LogP contribution in [0.15, 0.2) is 0 Å². The molecular formula is C9H18ClN. The van der Waals surface area contributed by atoms with Crippen LogP contribution in [0.1, 0.15) is 32.1 Å². The Morgan fingerprint density at radius 3 is 2.45 bits per heavy atom. The standard InChI is InChI=1S/C9H18ClN/c1-11(2)9-5-3-4-8(10)6-7-9/h8-9H,3-7H2,1-2H3. The molecule has 0 amide bonds. The molecule has 2 atom stereocenters. The second kappa shape index (κ2) is 4.32.